The van der Waals surface area contributed by atoms with Gasteiger partial charge in [0.1, 0.15) is 5.75 Å². The van der Waals surface area contributed by atoms with Gasteiger partial charge in [-0.1, -0.05) is 23.7 Å². The van der Waals surface area contributed by atoms with E-state index in [4.69, 9.17) is 16.3 Å². The first kappa shape index (κ1) is 14.8. The van der Waals surface area contributed by atoms with Crippen LogP contribution in [0.1, 0.15) is 31.1 Å². The summed E-state index contributed by atoms with van der Waals surface area (Å²) in [5.74, 6) is 0.867. The molecular weight excluding hydrogens is 272 g/mol. The van der Waals surface area contributed by atoms with Crippen molar-refractivity contribution < 1.29 is 4.74 Å². The molecule has 0 saturated carbocycles. The normalized spacial score (nSPS) is 12.4. The van der Waals surface area contributed by atoms with Crippen LogP contribution in [0.2, 0.25) is 5.02 Å². The summed E-state index contributed by atoms with van der Waals surface area (Å²) in [6.45, 7) is 4.03. The Morgan fingerprint density at radius 2 is 2.00 bits per heavy atom. The average molecular weight is 291 g/mol. The van der Waals surface area contributed by atoms with E-state index in [9.17, 15) is 0 Å². The molecule has 106 valence electrons. The van der Waals surface area contributed by atoms with Crippen molar-refractivity contribution in [1.82, 2.24) is 10.3 Å². The molecule has 1 N–H and O–H groups in total. The molecule has 2 aromatic rings. The maximum absolute atomic E-state index is 5.89. The van der Waals surface area contributed by atoms with E-state index in [1.807, 2.05) is 51.2 Å². The van der Waals surface area contributed by atoms with Crippen LogP contribution >= 0.6 is 11.6 Å². The monoisotopic (exact) mass is 290 g/mol. The molecule has 0 radical (unpaired) electrons. The first-order valence-electron chi connectivity index (χ1n) is 6.65. The van der Waals surface area contributed by atoms with E-state index in [0.29, 0.717) is 5.02 Å². The van der Waals surface area contributed by atoms with Gasteiger partial charge in [-0.2, -0.15) is 0 Å². The van der Waals surface area contributed by atoms with Gasteiger partial charge in [0.15, 0.2) is 0 Å². The summed E-state index contributed by atoms with van der Waals surface area (Å²) in [5.41, 5.74) is 2.04. The van der Waals surface area contributed by atoms with Crippen LogP contribution < -0.4 is 10.1 Å². The molecule has 1 unspecified atom stereocenters. The summed E-state index contributed by atoms with van der Waals surface area (Å²) in [6.07, 6.45) is 1.82. The van der Waals surface area contributed by atoms with Gasteiger partial charge in [-0.25, -0.2) is 0 Å². The fraction of sp³-hybridized carbons (Fsp3) is 0.312. The zero-order chi connectivity index (χ0) is 14.5. The van der Waals surface area contributed by atoms with Gasteiger partial charge in [0.25, 0.3) is 0 Å². The zero-order valence-electron chi connectivity index (χ0n) is 11.9. The standard InChI is InChI=1S/C16H19ClN2O/c1-11(2)20-14-6-4-5-12(9-14)16(18-3)15-8-7-13(17)10-19-15/h4-11,16,18H,1-3H3. The van der Waals surface area contributed by atoms with Gasteiger partial charge in [-0.05, 0) is 50.7 Å². The molecular formula is C16H19ClN2O. The Labute approximate surface area is 124 Å². The van der Waals surface area contributed by atoms with Crippen LogP contribution in [0, 0.1) is 0 Å². The highest BCUT2D eigenvalue weighted by molar-refractivity contribution is 6.30. The van der Waals surface area contributed by atoms with E-state index in [-0.39, 0.29) is 12.1 Å². The number of benzene rings is 1. The minimum Gasteiger partial charge on any atom is -0.491 e. The third-order valence-corrected chi connectivity index (χ3v) is 3.12. The van der Waals surface area contributed by atoms with Gasteiger partial charge in [0.05, 0.1) is 22.9 Å². The largest absolute Gasteiger partial charge is 0.491 e. The molecule has 1 aromatic heterocycles. The first-order chi connectivity index (χ1) is 9.60. The molecule has 20 heavy (non-hydrogen) atoms. The Balaban J connectivity index is 2.29. The molecule has 1 heterocycles. The SMILES string of the molecule is CNC(c1cccc(OC(C)C)c1)c1ccc(Cl)cn1. The number of pyridine rings is 1. The highest BCUT2D eigenvalue weighted by Crippen LogP contribution is 2.25. The van der Waals surface area contributed by atoms with Crippen molar-refractivity contribution in [3.63, 3.8) is 0 Å². The van der Waals surface area contributed by atoms with E-state index in [0.717, 1.165) is 17.0 Å². The van der Waals surface area contributed by atoms with E-state index >= 15 is 0 Å². The number of hydrogen-bond donors (Lipinski definition) is 1. The minimum atomic E-state index is 0.0166. The summed E-state index contributed by atoms with van der Waals surface area (Å²) in [6, 6.07) is 11.9. The maximum Gasteiger partial charge on any atom is 0.120 e. The molecule has 0 fully saturated rings. The van der Waals surface area contributed by atoms with Crippen molar-refractivity contribution in [3.05, 3.63) is 58.9 Å². The van der Waals surface area contributed by atoms with Crippen molar-refractivity contribution >= 4 is 11.6 Å². The second-order valence-corrected chi connectivity index (χ2v) is 5.30. The van der Waals surface area contributed by atoms with Crippen LogP contribution in [0.3, 0.4) is 0 Å². The second-order valence-electron chi connectivity index (χ2n) is 4.86. The predicted octanol–water partition coefficient (Wildman–Crippen LogP) is 3.83. The maximum atomic E-state index is 5.89. The van der Waals surface area contributed by atoms with Gasteiger partial charge in [0, 0.05) is 6.20 Å². The smallest absolute Gasteiger partial charge is 0.120 e. The molecule has 3 nitrogen and oxygen atoms in total. The van der Waals surface area contributed by atoms with Crippen molar-refractivity contribution in [2.24, 2.45) is 0 Å². The Bertz CT molecular complexity index is 555. The lowest BCUT2D eigenvalue weighted by molar-refractivity contribution is 0.242. The highest BCUT2D eigenvalue weighted by Gasteiger charge is 2.14. The van der Waals surface area contributed by atoms with Gasteiger partial charge < -0.3 is 10.1 Å². The van der Waals surface area contributed by atoms with Crippen LogP contribution in [0.25, 0.3) is 0 Å². The highest BCUT2D eigenvalue weighted by atomic mass is 35.5. The number of nitrogens with one attached hydrogen (secondary N) is 1. The van der Waals surface area contributed by atoms with Gasteiger partial charge in [-0.15, -0.1) is 0 Å². The van der Waals surface area contributed by atoms with Crippen molar-refractivity contribution in [1.29, 1.82) is 0 Å². The lowest BCUT2D eigenvalue weighted by Gasteiger charge is -2.18. The van der Waals surface area contributed by atoms with Crippen molar-refractivity contribution in [2.75, 3.05) is 7.05 Å². The molecule has 0 amide bonds. The zero-order valence-corrected chi connectivity index (χ0v) is 12.7. The van der Waals surface area contributed by atoms with Crippen LogP contribution in [-0.4, -0.2) is 18.1 Å². The third-order valence-electron chi connectivity index (χ3n) is 2.90. The number of halogens is 1. The first-order valence-corrected chi connectivity index (χ1v) is 7.03. The van der Waals surface area contributed by atoms with Crippen LogP contribution in [0.4, 0.5) is 0 Å². The Kier molecular flexibility index (Phi) is 4.99. The Morgan fingerprint density at radius 1 is 1.20 bits per heavy atom. The topological polar surface area (TPSA) is 34.1 Å². The molecule has 0 aliphatic heterocycles. The molecule has 1 atom stereocenters. The molecule has 0 aliphatic rings. The average Bonchev–Trinajstić information content (AvgIpc) is 2.41. The van der Waals surface area contributed by atoms with Crippen LogP contribution in [-0.2, 0) is 0 Å². The molecule has 0 bridgehead atoms. The molecule has 0 aliphatic carbocycles. The van der Waals surface area contributed by atoms with Gasteiger partial charge in [0.2, 0.25) is 0 Å². The molecule has 2 rings (SSSR count). The Morgan fingerprint density at radius 3 is 2.60 bits per heavy atom. The van der Waals surface area contributed by atoms with Gasteiger partial charge in [-0.3, -0.25) is 4.98 Å². The summed E-state index contributed by atoms with van der Waals surface area (Å²) in [7, 11) is 1.91. The van der Waals surface area contributed by atoms with Crippen molar-refractivity contribution in [2.45, 2.75) is 26.0 Å². The molecule has 4 heteroatoms. The molecule has 0 spiro atoms. The minimum absolute atomic E-state index is 0.0166. The van der Waals surface area contributed by atoms with Crippen LogP contribution in [0.15, 0.2) is 42.6 Å². The summed E-state index contributed by atoms with van der Waals surface area (Å²) >= 11 is 5.89. The fourth-order valence-corrected chi connectivity index (χ4v) is 2.19. The number of nitrogens with zero attached hydrogens (tertiary/aromatic N) is 1. The van der Waals surface area contributed by atoms with Gasteiger partial charge >= 0.3 is 0 Å². The quantitative estimate of drug-likeness (QED) is 0.909. The number of ether oxygens (including phenoxy) is 1. The second kappa shape index (κ2) is 6.73. The third kappa shape index (κ3) is 3.71. The summed E-state index contributed by atoms with van der Waals surface area (Å²) < 4.78 is 5.74. The lowest BCUT2D eigenvalue weighted by atomic mass is 10.0. The van der Waals surface area contributed by atoms with E-state index in [1.54, 1.807) is 6.20 Å². The molecule has 1 aromatic carbocycles. The van der Waals surface area contributed by atoms with Crippen molar-refractivity contribution in [3.8, 4) is 5.75 Å². The van der Waals surface area contributed by atoms with Crippen LogP contribution in [0.5, 0.6) is 5.75 Å². The summed E-state index contributed by atoms with van der Waals surface area (Å²) in [5, 5.41) is 3.91. The lowest BCUT2D eigenvalue weighted by Crippen LogP contribution is -2.19. The number of rotatable bonds is 5. The number of hydrogen-bond acceptors (Lipinski definition) is 3. The number of aromatic nitrogens is 1. The van der Waals surface area contributed by atoms with E-state index in [1.165, 1.54) is 0 Å². The predicted molar refractivity (Wildman–Crippen MR) is 82.4 cm³/mol. The van der Waals surface area contributed by atoms with E-state index in [2.05, 4.69) is 16.4 Å². The fourth-order valence-electron chi connectivity index (χ4n) is 2.08. The Hall–Kier alpha value is -1.58. The molecule has 0 saturated heterocycles. The van der Waals surface area contributed by atoms with E-state index < -0.39 is 0 Å². The summed E-state index contributed by atoms with van der Waals surface area (Å²) in [4.78, 5) is 4.38.